The highest BCUT2D eigenvalue weighted by Crippen LogP contribution is 2.24. The fourth-order valence-corrected chi connectivity index (χ4v) is 4.57. The smallest absolute Gasteiger partial charge is 0.193 e. The molecule has 1 aliphatic heterocycles. The highest BCUT2D eigenvalue weighted by Gasteiger charge is 2.24. The first-order valence-corrected chi connectivity index (χ1v) is 11.1. The molecule has 1 unspecified atom stereocenters. The lowest BCUT2D eigenvalue weighted by atomic mass is 10.1. The van der Waals surface area contributed by atoms with Crippen LogP contribution in [-0.2, 0) is 16.4 Å². The van der Waals surface area contributed by atoms with Gasteiger partial charge in [0.1, 0.15) is 0 Å². The Balaban J connectivity index is 0.00000312. The van der Waals surface area contributed by atoms with Crippen LogP contribution in [-0.4, -0.2) is 56.7 Å². The Labute approximate surface area is 173 Å². The van der Waals surface area contributed by atoms with Crippen LogP contribution in [0.15, 0.2) is 34.2 Å². The predicted molar refractivity (Wildman–Crippen MR) is 118 cm³/mol. The van der Waals surface area contributed by atoms with Crippen molar-refractivity contribution in [3.05, 3.63) is 29.8 Å². The zero-order valence-electron chi connectivity index (χ0n) is 15.2. The van der Waals surface area contributed by atoms with Gasteiger partial charge in [0.2, 0.25) is 0 Å². The molecule has 0 saturated carbocycles. The number of benzene rings is 1. The zero-order chi connectivity index (χ0) is 17.7. The SMILES string of the molecule is CN=C(NCc1ccc(S(C)(=O)=O)cc1)N1CCSC(C(C)C)C1.I. The van der Waals surface area contributed by atoms with Gasteiger partial charge in [-0.3, -0.25) is 4.99 Å². The van der Waals surface area contributed by atoms with Crippen LogP contribution in [0, 0.1) is 5.92 Å². The van der Waals surface area contributed by atoms with Crippen LogP contribution in [0.4, 0.5) is 0 Å². The van der Waals surface area contributed by atoms with E-state index in [9.17, 15) is 8.42 Å². The Hall–Kier alpha value is -0.480. The lowest BCUT2D eigenvalue weighted by Gasteiger charge is -2.36. The Bertz CT molecular complexity index is 676. The molecule has 1 saturated heterocycles. The maximum Gasteiger partial charge on any atom is 0.193 e. The molecule has 1 aliphatic rings. The number of rotatable bonds is 4. The molecule has 1 fully saturated rings. The summed E-state index contributed by atoms with van der Waals surface area (Å²) in [5, 5.41) is 4.02. The number of halogens is 1. The summed E-state index contributed by atoms with van der Waals surface area (Å²) >= 11 is 2.04. The average Bonchev–Trinajstić information content (AvgIpc) is 2.55. The van der Waals surface area contributed by atoms with E-state index < -0.39 is 9.84 Å². The highest BCUT2D eigenvalue weighted by atomic mass is 127. The third kappa shape index (κ3) is 6.63. The third-order valence-corrected chi connectivity index (χ3v) is 6.82. The van der Waals surface area contributed by atoms with Crippen molar-refractivity contribution in [2.45, 2.75) is 30.5 Å². The number of aliphatic imine (C=N–C) groups is 1. The Kier molecular flexibility index (Phi) is 9.03. The van der Waals surface area contributed by atoms with Crippen molar-refractivity contribution in [2.75, 3.05) is 32.1 Å². The molecule has 0 radical (unpaired) electrons. The minimum absolute atomic E-state index is 0. The molecule has 1 heterocycles. The van der Waals surface area contributed by atoms with Crippen LogP contribution in [0.2, 0.25) is 0 Å². The van der Waals surface area contributed by atoms with E-state index in [1.54, 1.807) is 19.2 Å². The summed E-state index contributed by atoms with van der Waals surface area (Å²) in [7, 11) is -1.33. The normalized spacial score (nSPS) is 18.8. The number of thioether (sulfide) groups is 1. The molecule has 2 rings (SSSR count). The van der Waals surface area contributed by atoms with Crippen molar-refractivity contribution in [3.63, 3.8) is 0 Å². The molecule has 0 amide bonds. The van der Waals surface area contributed by atoms with E-state index in [0.717, 1.165) is 30.4 Å². The Morgan fingerprint density at radius 3 is 2.52 bits per heavy atom. The summed E-state index contributed by atoms with van der Waals surface area (Å²) in [6, 6.07) is 7.00. The van der Waals surface area contributed by atoms with E-state index in [4.69, 9.17) is 0 Å². The molecule has 25 heavy (non-hydrogen) atoms. The number of hydrogen-bond acceptors (Lipinski definition) is 4. The summed E-state index contributed by atoms with van der Waals surface area (Å²) in [4.78, 5) is 7.07. The summed E-state index contributed by atoms with van der Waals surface area (Å²) in [6.07, 6.45) is 1.22. The average molecular weight is 497 g/mol. The maximum absolute atomic E-state index is 11.5. The van der Waals surface area contributed by atoms with E-state index in [2.05, 4.69) is 29.1 Å². The fourth-order valence-electron chi connectivity index (χ4n) is 2.64. The number of nitrogens with zero attached hydrogens (tertiary/aromatic N) is 2. The van der Waals surface area contributed by atoms with Crippen LogP contribution in [0.3, 0.4) is 0 Å². The van der Waals surface area contributed by atoms with Gasteiger partial charge in [-0.25, -0.2) is 8.42 Å². The molecule has 1 atom stereocenters. The van der Waals surface area contributed by atoms with Gasteiger partial charge < -0.3 is 10.2 Å². The van der Waals surface area contributed by atoms with E-state index in [1.807, 2.05) is 23.9 Å². The second kappa shape index (κ2) is 10.0. The Morgan fingerprint density at radius 2 is 2.00 bits per heavy atom. The van der Waals surface area contributed by atoms with Crippen LogP contribution in [0.5, 0.6) is 0 Å². The van der Waals surface area contributed by atoms with Gasteiger partial charge >= 0.3 is 0 Å². The lowest BCUT2D eigenvalue weighted by Crippen LogP contribution is -2.48. The number of hydrogen-bond donors (Lipinski definition) is 1. The van der Waals surface area contributed by atoms with Gasteiger partial charge in [0.15, 0.2) is 15.8 Å². The van der Waals surface area contributed by atoms with Gasteiger partial charge in [0.25, 0.3) is 0 Å². The van der Waals surface area contributed by atoms with Crippen molar-refractivity contribution in [3.8, 4) is 0 Å². The van der Waals surface area contributed by atoms with Crippen molar-refractivity contribution in [1.29, 1.82) is 0 Å². The predicted octanol–water partition coefficient (Wildman–Crippen LogP) is 2.86. The van der Waals surface area contributed by atoms with E-state index in [0.29, 0.717) is 22.6 Å². The van der Waals surface area contributed by atoms with Crippen molar-refractivity contribution in [1.82, 2.24) is 10.2 Å². The number of guanidine groups is 1. The molecular weight excluding hydrogens is 469 g/mol. The standard InChI is InChI=1S/C17H27N3O2S2.HI/c1-13(2)16-12-20(9-10-23-16)17(18-3)19-11-14-5-7-15(8-6-14)24(4,21)22;/h5-8,13,16H,9-12H2,1-4H3,(H,18,19);1H. The van der Waals surface area contributed by atoms with Gasteiger partial charge in [-0.1, -0.05) is 26.0 Å². The van der Waals surface area contributed by atoms with Crippen LogP contribution in [0.25, 0.3) is 0 Å². The van der Waals surface area contributed by atoms with Crippen molar-refractivity contribution >= 4 is 51.5 Å². The summed E-state index contributed by atoms with van der Waals surface area (Å²) < 4.78 is 23.0. The van der Waals surface area contributed by atoms with E-state index >= 15 is 0 Å². The van der Waals surface area contributed by atoms with Crippen LogP contribution in [0.1, 0.15) is 19.4 Å². The molecular formula is C17H28IN3O2S2. The molecule has 5 nitrogen and oxygen atoms in total. The Morgan fingerprint density at radius 1 is 1.36 bits per heavy atom. The van der Waals surface area contributed by atoms with Gasteiger partial charge in [-0.05, 0) is 23.6 Å². The summed E-state index contributed by atoms with van der Waals surface area (Å²) in [5.74, 6) is 2.68. The van der Waals surface area contributed by atoms with E-state index in [1.165, 1.54) is 6.26 Å². The third-order valence-electron chi connectivity index (χ3n) is 4.15. The monoisotopic (exact) mass is 497 g/mol. The van der Waals surface area contributed by atoms with Crippen LogP contribution >= 0.6 is 35.7 Å². The highest BCUT2D eigenvalue weighted by molar-refractivity contribution is 14.0. The molecule has 0 spiro atoms. The summed E-state index contributed by atoms with van der Waals surface area (Å²) in [5.41, 5.74) is 1.04. The first-order valence-electron chi connectivity index (χ1n) is 8.17. The lowest BCUT2D eigenvalue weighted by molar-refractivity contribution is 0.380. The molecule has 0 aliphatic carbocycles. The van der Waals surface area contributed by atoms with E-state index in [-0.39, 0.29) is 24.0 Å². The number of nitrogens with one attached hydrogen (secondary N) is 1. The first-order chi connectivity index (χ1) is 11.3. The quantitative estimate of drug-likeness (QED) is 0.394. The van der Waals surface area contributed by atoms with Gasteiger partial charge in [-0.15, -0.1) is 24.0 Å². The minimum atomic E-state index is -3.14. The van der Waals surface area contributed by atoms with Crippen LogP contribution < -0.4 is 5.32 Å². The molecule has 1 aromatic carbocycles. The van der Waals surface area contributed by atoms with Gasteiger partial charge in [0, 0.05) is 43.9 Å². The second-order valence-electron chi connectivity index (χ2n) is 6.42. The molecule has 0 bridgehead atoms. The molecule has 8 heteroatoms. The van der Waals surface area contributed by atoms with Crippen molar-refractivity contribution in [2.24, 2.45) is 10.9 Å². The summed E-state index contributed by atoms with van der Waals surface area (Å²) in [6.45, 7) is 7.17. The molecule has 1 N–H and O–H groups in total. The van der Waals surface area contributed by atoms with Crippen molar-refractivity contribution < 1.29 is 8.42 Å². The first kappa shape index (κ1) is 22.6. The van der Waals surface area contributed by atoms with Gasteiger partial charge in [-0.2, -0.15) is 11.8 Å². The fraction of sp³-hybridized carbons (Fsp3) is 0.588. The maximum atomic E-state index is 11.5. The molecule has 0 aromatic heterocycles. The zero-order valence-corrected chi connectivity index (χ0v) is 19.2. The second-order valence-corrected chi connectivity index (χ2v) is 9.78. The minimum Gasteiger partial charge on any atom is -0.352 e. The van der Waals surface area contributed by atoms with Gasteiger partial charge in [0.05, 0.1) is 4.90 Å². The molecule has 1 aromatic rings. The molecule has 142 valence electrons. The largest absolute Gasteiger partial charge is 0.352 e. The number of sulfone groups is 1. The topological polar surface area (TPSA) is 61.8 Å².